The van der Waals surface area contributed by atoms with Crippen molar-refractivity contribution in [3.63, 3.8) is 0 Å². The third-order valence-corrected chi connectivity index (χ3v) is 6.79. The number of rotatable bonds is 7. The van der Waals surface area contributed by atoms with Crippen molar-refractivity contribution in [3.8, 4) is 5.75 Å². The van der Waals surface area contributed by atoms with E-state index in [0.29, 0.717) is 34.1 Å². The number of ether oxygens (including phenoxy) is 1. The number of piperidine rings is 1. The van der Waals surface area contributed by atoms with Gasteiger partial charge in [-0.15, -0.1) is 0 Å². The Bertz CT molecular complexity index is 901. The molecule has 160 valence electrons. The van der Waals surface area contributed by atoms with Gasteiger partial charge in [0, 0.05) is 21.7 Å². The summed E-state index contributed by atoms with van der Waals surface area (Å²) in [6.07, 6.45) is 4.50. The summed E-state index contributed by atoms with van der Waals surface area (Å²) in [5.41, 5.74) is 8.30. The van der Waals surface area contributed by atoms with E-state index in [9.17, 15) is 4.79 Å². The molecule has 2 aliphatic rings. The van der Waals surface area contributed by atoms with Gasteiger partial charge in [0.25, 0.3) is 0 Å². The number of amides is 1. The van der Waals surface area contributed by atoms with Gasteiger partial charge in [0.1, 0.15) is 5.75 Å². The Morgan fingerprint density at radius 2 is 1.77 bits per heavy atom. The number of benzene rings is 2. The van der Waals surface area contributed by atoms with Gasteiger partial charge in [0.2, 0.25) is 5.91 Å². The number of carbonyl (C=O) groups is 1. The van der Waals surface area contributed by atoms with E-state index in [0.717, 1.165) is 55.6 Å². The number of nitrogens with two attached hydrogens (primary N) is 1. The highest BCUT2D eigenvalue weighted by molar-refractivity contribution is 6.34. The normalized spacial score (nSPS) is 18.9. The van der Waals surface area contributed by atoms with Crippen LogP contribution in [0, 0.1) is 5.92 Å². The molecule has 0 aromatic heterocycles. The number of hydrogen-bond acceptors (Lipinski definition) is 3. The summed E-state index contributed by atoms with van der Waals surface area (Å²) in [5, 5.41) is 1.36. The summed E-state index contributed by atoms with van der Waals surface area (Å²) >= 11 is 12.4. The predicted molar refractivity (Wildman–Crippen MR) is 122 cm³/mol. The van der Waals surface area contributed by atoms with Crippen LogP contribution in [0.5, 0.6) is 5.75 Å². The molecule has 1 saturated carbocycles. The van der Waals surface area contributed by atoms with Gasteiger partial charge in [-0.2, -0.15) is 0 Å². The van der Waals surface area contributed by atoms with Crippen LogP contribution in [0.2, 0.25) is 10.0 Å². The van der Waals surface area contributed by atoms with Crippen molar-refractivity contribution in [2.75, 3.05) is 19.7 Å². The average Bonchev–Trinajstić information content (AvgIpc) is 3.56. The van der Waals surface area contributed by atoms with Crippen LogP contribution in [0.3, 0.4) is 0 Å². The quantitative estimate of drug-likeness (QED) is 0.582. The molecular weight excluding hydrogens is 419 g/mol. The fourth-order valence-electron chi connectivity index (χ4n) is 4.29. The first-order valence-electron chi connectivity index (χ1n) is 10.7. The zero-order valence-corrected chi connectivity index (χ0v) is 18.8. The van der Waals surface area contributed by atoms with Gasteiger partial charge < -0.3 is 10.5 Å². The molecular formula is C24H28Cl2N2O2. The molecule has 1 atom stereocenters. The third-order valence-electron chi connectivity index (χ3n) is 6.35. The van der Waals surface area contributed by atoms with E-state index in [1.807, 2.05) is 24.3 Å². The van der Waals surface area contributed by atoms with Crippen LogP contribution in [0.1, 0.15) is 66.1 Å². The molecule has 1 unspecified atom stereocenters. The third kappa shape index (κ3) is 5.11. The topological polar surface area (TPSA) is 55.6 Å². The molecule has 30 heavy (non-hydrogen) atoms. The second kappa shape index (κ2) is 9.17. The Morgan fingerprint density at radius 3 is 2.37 bits per heavy atom. The highest BCUT2D eigenvalue weighted by atomic mass is 35.5. The lowest BCUT2D eigenvalue weighted by atomic mass is 9.95. The molecule has 0 radical (unpaired) electrons. The summed E-state index contributed by atoms with van der Waals surface area (Å²) in [4.78, 5) is 14.0. The van der Waals surface area contributed by atoms with Gasteiger partial charge in [-0.05, 0) is 105 Å². The Kier molecular flexibility index (Phi) is 6.57. The second-order valence-electron chi connectivity index (χ2n) is 8.56. The molecule has 1 aliphatic carbocycles. The van der Waals surface area contributed by atoms with Gasteiger partial charge in [-0.3, -0.25) is 9.69 Å². The molecule has 1 aliphatic heterocycles. The van der Waals surface area contributed by atoms with E-state index in [4.69, 9.17) is 33.7 Å². The fourth-order valence-corrected chi connectivity index (χ4v) is 4.83. The SMILES string of the molecule is CC(c1cc(Cl)cc(Cl)c1)N1CCC(COc2ccc(C(N)=O)cc2C2CC2)CC1. The molecule has 2 fully saturated rings. The van der Waals surface area contributed by atoms with Gasteiger partial charge in [-0.25, -0.2) is 0 Å². The summed E-state index contributed by atoms with van der Waals surface area (Å²) in [7, 11) is 0. The lowest BCUT2D eigenvalue weighted by Gasteiger charge is -2.36. The van der Waals surface area contributed by atoms with Crippen molar-refractivity contribution in [2.24, 2.45) is 11.7 Å². The van der Waals surface area contributed by atoms with Crippen LogP contribution >= 0.6 is 23.2 Å². The molecule has 2 N–H and O–H groups in total. The Labute approximate surface area is 188 Å². The van der Waals surface area contributed by atoms with E-state index in [2.05, 4.69) is 11.8 Å². The number of hydrogen-bond donors (Lipinski definition) is 1. The lowest BCUT2D eigenvalue weighted by Crippen LogP contribution is -2.37. The van der Waals surface area contributed by atoms with Crippen molar-refractivity contribution in [1.29, 1.82) is 0 Å². The lowest BCUT2D eigenvalue weighted by molar-refractivity contribution is 0.1000. The number of carbonyl (C=O) groups excluding carboxylic acids is 1. The minimum absolute atomic E-state index is 0.283. The number of halogens is 2. The first-order valence-corrected chi connectivity index (χ1v) is 11.4. The maximum absolute atomic E-state index is 11.5. The monoisotopic (exact) mass is 446 g/mol. The van der Waals surface area contributed by atoms with Crippen LogP contribution in [-0.4, -0.2) is 30.5 Å². The molecule has 2 aromatic carbocycles. The fraction of sp³-hybridized carbons (Fsp3) is 0.458. The van der Waals surface area contributed by atoms with Gasteiger partial charge in [0.05, 0.1) is 6.61 Å². The highest BCUT2D eigenvalue weighted by Gasteiger charge is 2.29. The molecule has 0 bridgehead atoms. The van der Waals surface area contributed by atoms with Gasteiger partial charge >= 0.3 is 0 Å². The summed E-state index contributed by atoms with van der Waals surface area (Å²) in [6.45, 7) is 4.96. The van der Waals surface area contributed by atoms with Gasteiger partial charge in [0.15, 0.2) is 0 Å². The van der Waals surface area contributed by atoms with E-state index in [1.54, 1.807) is 12.1 Å². The first-order chi connectivity index (χ1) is 14.4. The number of likely N-dealkylation sites (tertiary alicyclic amines) is 1. The minimum Gasteiger partial charge on any atom is -0.493 e. The van der Waals surface area contributed by atoms with Crippen LogP contribution in [0.25, 0.3) is 0 Å². The summed E-state index contributed by atoms with van der Waals surface area (Å²) in [5.74, 6) is 1.56. The summed E-state index contributed by atoms with van der Waals surface area (Å²) in [6, 6.07) is 11.7. The van der Waals surface area contributed by atoms with Crippen molar-refractivity contribution < 1.29 is 9.53 Å². The molecule has 1 saturated heterocycles. The minimum atomic E-state index is -0.383. The molecule has 6 heteroatoms. The number of primary amides is 1. The Hall–Kier alpha value is -1.75. The van der Waals surface area contributed by atoms with E-state index in [-0.39, 0.29) is 11.9 Å². The van der Waals surface area contributed by atoms with Crippen LogP contribution < -0.4 is 10.5 Å². The highest BCUT2D eigenvalue weighted by Crippen LogP contribution is 2.45. The largest absolute Gasteiger partial charge is 0.493 e. The molecule has 2 aromatic rings. The van der Waals surface area contributed by atoms with E-state index >= 15 is 0 Å². The second-order valence-corrected chi connectivity index (χ2v) is 9.43. The molecule has 1 heterocycles. The smallest absolute Gasteiger partial charge is 0.248 e. The van der Waals surface area contributed by atoms with Crippen molar-refractivity contribution in [1.82, 2.24) is 4.90 Å². The zero-order chi connectivity index (χ0) is 21.3. The molecule has 1 amide bonds. The average molecular weight is 447 g/mol. The predicted octanol–water partition coefficient (Wildman–Crippen LogP) is 5.82. The first kappa shape index (κ1) is 21.5. The van der Waals surface area contributed by atoms with Crippen molar-refractivity contribution in [3.05, 3.63) is 63.1 Å². The van der Waals surface area contributed by atoms with Crippen LogP contribution in [0.15, 0.2) is 36.4 Å². The van der Waals surface area contributed by atoms with Crippen LogP contribution in [-0.2, 0) is 0 Å². The standard InChI is InChI=1S/C24H28Cl2N2O2/c1-15(19-10-20(25)13-21(26)11-19)28-8-6-16(7-9-28)14-30-23-5-4-18(24(27)29)12-22(23)17-2-3-17/h4-5,10-13,15-17H,2-3,6-9,14H2,1H3,(H2,27,29). The molecule has 4 nitrogen and oxygen atoms in total. The Balaban J connectivity index is 1.33. The Morgan fingerprint density at radius 1 is 1.10 bits per heavy atom. The molecule has 0 spiro atoms. The van der Waals surface area contributed by atoms with E-state index in [1.165, 1.54) is 0 Å². The maximum Gasteiger partial charge on any atom is 0.248 e. The van der Waals surface area contributed by atoms with Crippen molar-refractivity contribution in [2.45, 2.75) is 44.6 Å². The van der Waals surface area contributed by atoms with E-state index < -0.39 is 0 Å². The van der Waals surface area contributed by atoms with Gasteiger partial charge in [-0.1, -0.05) is 23.2 Å². The van der Waals surface area contributed by atoms with Crippen molar-refractivity contribution >= 4 is 29.1 Å². The maximum atomic E-state index is 11.5. The molecule has 4 rings (SSSR count). The number of nitrogens with zero attached hydrogens (tertiary/aromatic N) is 1. The zero-order valence-electron chi connectivity index (χ0n) is 17.2. The summed E-state index contributed by atoms with van der Waals surface area (Å²) < 4.78 is 6.22. The van der Waals surface area contributed by atoms with Crippen LogP contribution in [0.4, 0.5) is 0 Å².